The summed E-state index contributed by atoms with van der Waals surface area (Å²) in [6.07, 6.45) is 1.86. The SMILES string of the molecule is CC(C)n1nccc1C(N)C1C(C)(C)C1(C)C. The Morgan fingerprint density at radius 1 is 1.24 bits per heavy atom. The van der Waals surface area contributed by atoms with Gasteiger partial charge in [0.2, 0.25) is 0 Å². The van der Waals surface area contributed by atoms with E-state index in [9.17, 15) is 0 Å². The number of hydrogen-bond donors (Lipinski definition) is 1. The van der Waals surface area contributed by atoms with Gasteiger partial charge < -0.3 is 5.73 Å². The molecule has 3 nitrogen and oxygen atoms in total. The van der Waals surface area contributed by atoms with Gasteiger partial charge in [0, 0.05) is 12.2 Å². The summed E-state index contributed by atoms with van der Waals surface area (Å²) in [6.45, 7) is 13.5. The summed E-state index contributed by atoms with van der Waals surface area (Å²) in [5, 5.41) is 4.38. The first-order valence-corrected chi connectivity index (χ1v) is 6.50. The van der Waals surface area contributed by atoms with Gasteiger partial charge in [0.1, 0.15) is 0 Å². The Hall–Kier alpha value is -0.830. The van der Waals surface area contributed by atoms with E-state index in [1.807, 2.05) is 6.20 Å². The van der Waals surface area contributed by atoms with Gasteiger partial charge in [-0.05, 0) is 36.7 Å². The topological polar surface area (TPSA) is 43.8 Å². The highest BCUT2D eigenvalue weighted by atomic mass is 15.3. The van der Waals surface area contributed by atoms with Crippen molar-refractivity contribution in [3.63, 3.8) is 0 Å². The van der Waals surface area contributed by atoms with Crippen LogP contribution in [0.3, 0.4) is 0 Å². The minimum atomic E-state index is 0.0879. The Labute approximate surface area is 104 Å². The van der Waals surface area contributed by atoms with Crippen molar-refractivity contribution < 1.29 is 0 Å². The fourth-order valence-electron chi connectivity index (χ4n) is 3.34. The maximum absolute atomic E-state index is 6.47. The summed E-state index contributed by atoms with van der Waals surface area (Å²) in [6, 6.07) is 2.52. The zero-order valence-electron chi connectivity index (χ0n) is 11.9. The van der Waals surface area contributed by atoms with Crippen LogP contribution in [0.15, 0.2) is 12.3 Å². The lowest BCUT2D eigenvalue weighted by Crippen LogP contribution is -2.21. The quantitative estimate of drug-likeness (QED) is 0.874. The molecule has 1 fully saturated rings. The predicted molar refractivity (Wildman–Crippen MR) is 70.6 cm³/mol. The molecule has 1 aliphatic carbocycles. The average Bonchev–Trinajstić information content (AvgIpc) is 2.55. The largest absolute Gasteiger partial charge is 0.322 e. The molecule has 1 heterocycles. The molecule has 96 valence electrons. The molecule has 2 N–H and O–H groups in total. The van der Waals surface area contributed by atoms with Gasteiger partial charge in [0.15, 0.2) is 0 Å². The molecule has 1 aromatic rings. The van der Waals surface area contributed by atoms with Gasteiger partial charge in [-0.1, -0.05) is 27.7 Å². The fourth-order valence-corrected chi connectivity index (χ4v) is 3.34. The molecule has 0 amide bonds. The maximum atomic E-state index is 6.47. The number of nitrogens with two attached hydrogens (primary N) is 1. The Bertz CT molecular complexity index is 401. The molecule has 0 aromatic carbocycles. The summed E-state index contributed by atoms with van der Waals surface area (Å²) in [4.78, 5) is 0. The standard InChI is InChI=1S/C14H25N3/c1-9(2)17-10(7-8-16-17)11(15)12-13(3,4)14(12,5)6/h7-9,11-12H,15H2,1-6H3. The second-order valence-corrected chi connectivity index (χ2v) is 6.74. The Balaban J connectivity index is 2.28. The van der Waals surface area contributed by atoms with E-state index in [2.05, 4.69) is 57.4 Å². The molecule has 1 unspecified atom stereocenters. The lowest BCUT2D eigenvalue weighted by Gasteiger charge is -2.18. The Kier molecular flexibility index (Phi) is 2.66. The normalized spacial score (nSPS) is 24.0. The van der Waals surface area contributed by atoms with Gasteiger partial charge in [-0.15, -0.1) is 0 Å². The van der Waals surface area contributed by atoms with Gasteiger partial charge in [-0.25, -0.2) is 0 Å². The van der Waals surface area contributed by atoms with Crippen LogP contribution >= 0.6 is 0 Å². The molecule has 2 rings (SSSR count). The third-order valence-electron chi connectivity index (χ3n) is 5.02. The number of rotatable bonds is 3. The van der Waals surface area contributed by atoms with Gasteiger partial charge >= 0.3 is 0 Å². The molecule has 0 radical (unpaired) electrons. The third-order valence-corrected chi connectivity index (χ3v) is 5.02. The van der Waals surface area contributed by atoms with E-state index in [0.717, 1.165) is 0 Å². The van der Waals surface area contributed by atoms with Crippen molar-refractivity contribution in [3.05, 3.63) is 18.0 Å². The molecule has 0 spiro atoms. The highest BCUT2D eigenvalue weighted by Crippen LogP contribution is 2.71. The summed E-state index contributed by atoms with van der Waals surface area (Å²) < 4.78 is 2.05. The molecule has 1 aromatic heterocycles. The minimum absolute atomic E-state index is 0.0879. The lowest BCUT2D eigenvalue weighted by atomic mass is 10.0. The maximum Gasteiger partial charge on any atom is 0.0557 e. The van der Waals surface area contributed by atoms with E-state index < -0.39 is 0 Å². The molecule has 1 saturated carbocycles. The Morgan fingerprint density at radius 2 is 1.76 bits per heavy atom. The summed E-state index contributed by atoms with van der Waals surface area (Å²) in [7, 11) is 0. The van der Waals surface area contributed by atoms with Gasteiger partial charge in [-0.3, -0.25) is 4.68 Å². The number of hydrogen-bond acceptors (Lipinski definition) is 2. The first kappa shape index (κ1) is 12.6. The van der Waals surface area contributed by atoms with Gasteiger partial charge in [-0.2, -0.15) is 5.10 Å². The molecule has 0 bridgehead atoms. The predicted octanol–water partition coefficient (Wildman–Crippen LogP) is 3.15. The summed E-state index contributed by atoms with van der Waals surface area (Å²) in [5.41, 5.74) is 8.28. The van der Waals surface area contributed by atoms with Crippen LogP contribution in [0.1, 0.15) is 59.3 Å². The van der Waals surface area contributed by atoms with E-state index in [-0.39, 0.29) is 6.04 Å². The van der Waals surface area contributed by atoms with E-state index >= 15 is 0 Å². The molecule has 1 aliphatic rings. The van der Waals surface area contributed by atoms with Crippen molar-refractivity contribution in [2.24, 2.45) is 22.5 Å². The van der Waals surface area contributed by atoms with Crippen molar-refractivity contribution in [3.8, 4) is 0 Å². The number of aromatic nitrogens is 2. The van der Waals surface area contributed by atoms with Crippen LogP contribution in [0.2, 0.25) is 0 Å². The number of nitrogens with zero attached hydrogens (tertiary/aromatic N) is 2. The molecule has 0 saturated heterocycles. The van der Waals surface area contributed by atoms with Gasteiger partial charge in [0.25, 0.3) is 0 Å². The summed E-state index contributed by atoms with van der Waals surface area (Å²) >= 11 is 0. The zero-order valence-corrected chi connectivity index (χ0v) is 11.9. The van der Waals surface area contributed by atoms with Crippen LogP contribution in [0, 0.1) is 16.7 Å². The third kappa shape index (κ3) is 1.63. The Morgan fingerprint density at radius 3 is 2.18 bits per heavy atom. The van der Waals surface area contributed by atoms with Crippen LogP contribution in [0.4, 0.5) is 0 Å². The minimum Gasteiger partial charge on any atom is -0.322 e. The molecular weight excluding hydrogens is 210 g/mol. The van der Waals surface area contributed by atoms with Crippen molar-refractivity contribution >= 4 is 0 Å². The van der Waals surface area contributed by atoms with E-state index in [1.165, 1.54) is 5.69 Å². The van der Waals surface area contributed by atoms with E-state index in [0.29, 0.717) is 22.8 Å². The molecule has 17 heavy (non-hydrogen) atoms. The lowest BCUT2D eigenvalue weighted by molar-refractivity contribution is 0.431. The molecule has 0 aliphatic heterocycles. The second kappa shape index (κ2) is 3.58. The van der Waals surface area contributed by atoms with Crippen LogP contribution in [-0.4, -0.2) is 9.78 Å². The van der Waals surface area contributed by atoms with Crippen molar-refractivity contribution in [2.45, 2.75) is 53.6 Å². The first-order chi connectivity index (χ1) is 7.71. The average molecular weight is 235 g/mol. The van der Waals surface area contributed by atoms with Crippen molar-refractivity contribution in [1.29, 1.82) is 0 Å². The van der Waals surface area contributed by atoms with E-state index in [1.54, 1.807) is 0 Å². The van der Waals surface area contributed by atoms with Crippen molar-refractivity contribution in [1.82, 2.24) is 9.78 Å². The summed E-state index contributed by atoms with van der Waals surface area (Å²) in [5.74, 6) is 0.532. The zero-order chi connectivity index (χ0) is 13.0. The smallest absolute Gasteiger partial charge is 0.0557 e. The molecule has 1 atom stereocenters. The van der Waals surface area contributed by atoms with Crippen molar-refractivity contribution in [2.75, 3.05) is 0 Å². The first-order valence-electron chi connectivity index (χ1n) is 6.50. The van der Waals surface area contributed by atoms with Crippen LogP contribution in [-0.2, 0) is 0 Å². The molecule has 3 heteroatoms. The second-order valence-electron chi connectivity index (χ2n) is 6.74. The molecular formula is C14H25N3. The van der Waals surface area contributed by atoms with Crippen LogP contribution in [0.5, 0.6) is 0 Å². The monoisotopic (exact) mass is 235 g/mol. The fraction of sp³-hybridized carbons (Fsp3) is 0.786. The highest BCUT2D eigenvalue weighted by Gasteiger charge is 2.67. The van der Waals surface area contributed by atoms with Crippen LogP contribution in [0.25, 0.3) is 0 Å². The highest BCUT2D eigenvalue weighted by molar-refractivity contribution is 5.22. The van der Waals surface area contributed by atoms with Gasteiger partial charge in [0.05, 0.1) is 11.7 Å². The van der Waals surface area contributed by atoms with E-state index in [4.69, 9.17) is 5.73 Å². The van der Waals surface area contributed by atoms with Crippen LogP contribution < -0.4 is 5.73 Å².